The summed E-state index contributed by atoms with van der Waals surface area (Å²) < 4.78 is 0. The average molecular weight is 403 g/mol. The lowest BCUT2D eigenvalue weighted by molar-refractivity contribution is -0.120. The second-order valence-electron chi connectivity index (χ2n) is 6.32. The van der Waals surface area contributed by atoms with Gasteiger partial charge in [0.15, 0.2) is 5.78 Å². The van der Waals surface area contributed by atoms with Crippen LogP contribution in [0.1, 0.15) is 47.5 Å². The summed E-state index contributed by atoms with van der Waals surface area (Å²) >= 11 is 2.82. The maximum absolute atomic E-state index is 12.6. The van der Waals surface area contributed by atoms with E-state index in [-0.39, 0.29) is 24.0 Å². The first-order valence-corrected chi connectivity index (χ1v) is 10.7. The van der Waals surface area contributed by atoms with Gasteiger partial charge in [0, 0.05) is 22.6 Å². The lowest BCUT2D eigenvalue weighted by Gasteiger charge is -2.23. The van der Waals surface area contributed by atoms with E-state index in [2.05, 4.69) is 10.6 Å². The number of fused-ring (bicyclic) bond motifs is 1. The van der Waals surface area contributed by atoms with Crippen molar-refractivity contribution >= 4 is 51.4 Å². The number of amides is 2. The minimum absolute atomic E-state index is 0.0326. The zero-order valence-corrected chi connectivity index (χ0v) is 17.2. The molecule has 0 saturated carbocycles. The van der Waals surface area contributed by atoms with E-state index in [0.29, 0.717) is 17.0 Å². The largest absolute Gasteiger partial charge is 0.324 e. The molecule has 2 amide bonds. The standard InChI is InChI=1S/C20H22N2O3S2/c1-4-12-11(3)26-20(18(12)14(23)5-2)22-17(24)10-16-19(25)21-13-8-6-7-9-15(13)27-16/h6-9,16H,4-5,10H2,1-3H3,(H,21,25)(H,22,24)/t16-/m1/s1. The monoisotopic (exact) mass is 402 g/mol. The Morgan fingerprint density at radius 3 is 2.67 bits per heavy atom. The molecule has 1 aliphatic rings. The van der Waals surface area contributed by atoms with Gasteiger partial charge in [-0.2, -0.15) is 0 Å². The minimum atomic E-state index is -0.489. The van der Waals surface area contributed by atoms with Crippen LogP contribution < -0.4 is 10.6 Å². The van der Waals surface area contributed by atoms with Crippen molar-refractivity contribution in [2.45, 2.75) is 50.2 Å². The molecule has 2 N–H and O–H groups in total. The number of Topliss-reactive ketones (excluding diaryl/α,β-unsaturated/α-hetero) is 1. The van der Waals surface area contributed by atoms with Gasteiger partial charge in [-0.05, 0) is 31.0 Å². The summed E-state index contributed by atoms with van der Waals surface area (Å²) in [6.45, 7) is 5.79. The zero-order chi connectivity index (χ0) is 19.6. The summed E-state index contributed by atoms with van der Waals surface area (Å²) in [5.74, 6) is -0.392. The molecule has 0 unspecified atom stereocenters. The molecular weight excluding hydrogens is 380 g/mol. The average Bonchev–Trinajstić information content (AvgIpc) is 2.96. The Balaban J connectivity index is 1.75. The molecule has 1 aromatic carbocycles. The fourth-order valence-electron chi connectivity index (χ4n) is 3.14. The second-order valence-corrected chi connectivity index (χ2v) is 8.78. The molecule has 142 valence electrons. The predicted octanol–water partition coefficient (Wildman–Crippen LogP) is 4.65. The van der Waals surface area contributed by atoms with Crippen LogP contribution in [0.15, 0.2) is 29.2 Å². The fraction of sp³-hybridized carbons (Fsp3) is 0.350. The quantitative estimate of drug-likeness (QED) is 0.690. The number of benzene rings is 1. The molecule has 0 radical (unpaired) electrons. The number of para-hydroxylation sites is 1. The van der Waals surface area contributed by atoms with Crippen molar-refractivity contribution in [1.82, 2.24) is 0 Å². The van der Waals surface area contributed by atoms with E-state index in [0.717, 1.165) is 27.4 Å². The highest BCUT2D eigenvalue weighted by atomic mass is 32.2. The molecule has 27 heavy (non-hydrogen) atoms. The number of hydrogen-bond donors (Lipinski definition) is 2. The van der Waals surface area contributed by atoms with E-state index in [1.54, 1.807) is 0 Å². The van der Waals surface area contributed by atoms with Crippen molar-refractivity contribution in [2.24, 2.45) is 0 Å². The van der Waals surface area contributed by atoms with Gasteiger partial charge in [-0.15, -0.1) is 23.1 Å². The second kappa shape index (κ2) is 8.27. The van der Waals surface area contributed by atoms with Gasteiger partial charge in [0.25, 0.3) is 0 Å². The third kappa shape index (κ3) is 4.09. The Bertz CT molecular complexity index is 905. The number of carbonyl (C=O) groups excluding carboxylic acids is 3. The minimum Gasteiger partial charge on any atom is -0.324 e. The summed E-state index contributed by atoms with van der Waals surface area (Å²) in [7, 11) is 0. The number of ketones is 1. The van der Waals surface area contributed by atoms with Gasteiger partial charge in [-0.3, -0.25) is 14.4 Å². The molecule has 0 bridgehead atoms. The fourth-order valence-corrected chi connectivity index (χ4v) is 5.43. The smallest absolute Gasteiger partial charge is 0.238 e. The van der Waals surface area contributed by atoms with Crippen LogP contribution in [0, 0.1) is 6.92 Å². The van der Waals surface area contributed by atoms with E-state index in [1.807, 2.05) is 45.0 Å². The van der Waals surface area contributed by atoms with Gasteiger partial charge in [0.1, 0.15) is 5.00 Å². The van der Waals surface area contributed by atoms with Crippen LogP contribution in [0.4, 0.5) is 10.7 Å². The predicted molar refractivity (Wildman–Crippen MR) is 111 cm³/mol. The molecule has 0 fully saturated rings. The number of anilines is 2. The maximum atomic E-state index is 12.6. The molecular formula is C20H22N2O3S2. The number of rotatable bonds is 6. The number of thiophene rings is 1. The highest BCUT2D eigenvalue weighted by molar-refractivity contribution is 8.01. The Hall–Kier alpha value is -2.12. The normalized spacial score (nSPS) is 15.8. The van der Waals surface area contributed by atoms with Crippen molar-refractivity contribution < 1.29 is 14.4 Å². The zero-order valence-electron chi connectivity index (χ0n) is 15.5. The molecule has 2 aromatic rings. The lowest BCUT2D eigenvalue weighted by atomic mass is 10.0. The molecule has 2 heterocycles. The van der Waals surface area contributed by atoms with E-state index < -0.39 is 5.25 Å². The summed E-state index contributed by atoms with van der Waals surface area (Å²) in [6.07, 6.45) is 1.20. The molecule has 0 spiro atoms. The first-order chi connectivity index (χ1) is 12.9. The number of nitrogens with one attached hydrogen (secondary N) is 2. The van der Waals surface area contributed by atoms with Crippen molar-refractivity contribution in [3.8, 4) is 0 Å². The Kier molecular flexibility index (Phi) is 6.01. The van der Waals surface area contributed by atoms with Crippen LogP contribution >= 0.6 is 23.1 Å². The van der Waals surface area contributed by atoms with Crippen LogP contribution in [0.5, 0.6) is 0 Å². The van der Waals surface area contributed by atoms with E-state index >= 15 is 0 Å². The molecule has 0 aliphatic carbocycles. The third-order valence-electron chi connectivity index (χ3n) is 4.49. The summed E-state index contributed by atoms with van der Waals surface area (Å²) in [5.41, 5.74) is 2.41. The number of aryl methyl sites for hydroxylation is 1. The van der Waals surface area contributed by atoms with Crippen molar-refractivity contribution in [3.05, 3.63) is 40.3 Å². The maximum Gasteiger partial charge on any atom is 0.238 e. The van der Waals surface area contributed by atoms with Crippen LogP contribution in [-0.4, -0.2) is 22.8 Å². The highest BCUT2D eigenvalue weighted by Crippen LogP contribution is 2.38. The van der Waals surface area contributed by atoms with Crippen molar-refractivity contribution in [3.63, 3.8) is 0 Å². The van der Waals surface area contributed by atoms with Crippen LogP contribution in [-0.2, 0) is 16.0 Å². The van der Waals surface area contributed by atoms with Gasteiger partial charge in [0.05, 0.1) is 16.5 Å². The first kappa shape index (κ1) is 19.6. The van der Waals surface area contributed by atoms with Crippen molar-refractivity contribution in [1.29, 1.82) is 0 Å². The number of carbonyl (C=O) groups is 3. The van der Waals surface area contributed by atoms with E-state index in [4.69, 9.17) is 0 Å². The molecule has 1 atom stereocenters. The van der Waals surface area contributed by atoms with E-state index in [1.165, 1.54) is 23.1 Å². The summed E-state index contributed by atoms with van der Waals surface area (Å²) in [5, 5.41) is 5.84. The van der Waals surface area contributed by atoms with Crippen LogP contribution in [0.25, 0.3) is 0 Å². The number of hydrogen-bond acceptors (Lipinski definition) is 5. The van der Waals surface area contributed by atoms with E-state index in [9.17, 15) is 14.4 Å². The highest BCUT2D eigenvalue weighted by Gasteiger charge is 2.29. The molecule has 3 rings (SSSR count). The summed E-state index contributed by atoms with van der Waals surface area (Å²) in [4.78, 5) is 39.3. The Morgan fingerprint density at radius 2 is 1.96 bits per heavy atom. The Morgan fingerprint density at radius 1 is 1.22 bits per heavy atom. The Labute approximate surface area is 166 Å². The molecule has 5 nitrogen and oxygen atoms in total. The van der Waals surface area contributed by atoms with Crippen LogP contribution in [0.2, 0.25) is 0 Å². The van der Waals surface area contributed by atoms with Gasteiger partial charge in [-0.25, -0.2) is 0 Å². The summed E-state index contributed by atoms with van der Waals surface area (Å²) in [6, 6.07) is 7.55. The lowest BCUT2D eigenvalue weighted by Crippen LogP contribution is -2.32. The van der Waals surface area contributed by atoms with Gasteiger partial charge >= 0.3 is 0 Å². The van der Waals surface area contributed by atoms with Gasteiger partial charge in [-0.1, -0.05) is 26.0 Å². The van der Waals surface area contributed by atoms with Gasteiger partial charge in [0.2, 0.25) is 11.8 Å². The van der Waals surface area contributed by atoms with Gasteiger partial charge < -0.3 is 10.6 Å². The third-order valence-corrected chi connectivity index (χ3v) is 6.83. The van der Waals surface area contributed by atoms with Crippen LogP contribution in [0.3, 0.4) is 0 Å². The molecule has 1 aromatic heterocycles. The first-order valence-electron chi connectivity index (χ1n) is 8.96. The SMILES string of the molecule is CCC(=O)c1c(NC(=O)C[C@H]2Sc3ccccc3NC2=O)sc(C)c1CC. The molecule has 0 saturated heterocycles. The topological polar surface area (TPSA) is 75.3 Å². The van der Waals surface area contributed by atoms with Crippen molar-refractivity contribution in [2.75, 3.05) is 10.6 Å². The molecule has 7 heteroatoms. The number of thioether (sulfide) groups is 1. The molecule has 1 aliphatic heterocycles.